The molecule has 6 nitrogen and oxygen atoms in total. The van der Waals surface area contributed by atoms with Crippen LogP contribution in [0.2, 0.25) is 0 Å². The fraction of sp³-hybridized carbons (Fsp3) is 0.412. The van der Waals surface area contributed by atoms with Gasteiger partial charge in [-0.15, -0.1) is 0 Å². The molecule has 1 aliphatic heterocycles. The Kier molecular flexibility index (Phi) is 4.28. The second-order valence-corrected chi connectivity index (χ2v) is 6.19. The van der Waals surface area contributed by atoms with Crippen molar-refractivity contribution in [2.45, 2.75) is 32.4 Å². The average molecular weight is 333 g/mol. The van der Waals surface area contributed by atoms with E-state index in [9.17, 15) is 19.1 Å². The number of β-amino-alcohol motifs (C(OH)–C–C–N with tert-alkyl or cyclic N) is 1. The number of fused-ring (bicyclic) bond motifs is 1. The Balaban J connectivity index is 1.77. The van der Waals surface area contributed by atoms with Crippen LogP contribution in [0.15, 0.2) is 18.2 Å². The number of aryl methyl sites for hydroxylation is 1. The number of piperidine rings is 1. The van der Waals surface area contributed by atoms with Crippen LogP contribution >= 0.6 is 0 Å². The zero-order valence-corrected chi connectivity index (χ0v) is 13.6. The summed E-state index contributed by atoms with van der Waals surface area (Å²) in [4.78, 5) is 28.3. The van der Waals surface area contributed by atoms with Crippen molar-refractivity contribution in [2.75, 3.05) is 13.1 Å². The molecule has 0 spiro atoms. The van der Waals surface area contributed by atoms with Crippen LogP contribution in [-0.2, 0) is 4.79 Å². The van der Waals surface area contributed by atoms with Gasteiger partial charge in [-0.05, 0) is 25.0 Å². The number of likely N-dealkylation sites (tertiary alicyclic amines) is 1. The number of benzene rings is 1. The van der Waals surface area contributed by atoms with E-state index in [1.807, 2.05) is 0 Å². The molecular formula is C17H20FN3O3. The summed E-state index contributed by atoms with van der Waals surface area (Å²) in [5.41, 5.74) is 1.25. The van der Waals surface area contributed by atoms with Crippen LogP contribution in [0.3, 0.4) is 0 Å². The molecule has 0 unspecified atom stereocenters. The molecule has 2 heterocycles. The van der Waals surface area contributed by atoms with Crippen molar-refractivity contribution in [3.63, 3.8) is 0 Å². The number of para-hydroxylation sites is 1. The molecular weight excluding hydrogens is 313 g/mol. The number of hydrogen-bond donors (Lipinski definition) is 3. The number of nitrogens with zero attached hydrogens (tertiary/aromatic N) is 1. The first kappa shape index (κ1) is 16.4. The molecule has 0 aliphatic carbocycles. The van der Waals surface area contributed by atoms with E-state index in [-0.39, 0.29) is 24.1 Å². The lowest BCUT2D eigenvalue weighted by atomic mass is 10.0. The minimum absolute atomic E-state index is 0.0965. The lowest BCUT2D eigenvalue weighted by Crippen LogP contribution is -2.55. The van der Waals surface area contributed by atoms with E-state index < -0.39 is 18.0 Å². The van der Waals surface area contributed by atoms with Gasteiger partial charge in [-0.2, -0.15) is 0 Å². The smallest absolute Gasteiger partial charge is 0.268 e. The standard InChI is InChI=1S/C17H20FN3O3/c1-9-11-4-3-5-12(18)16(11)20-15(9)17(24)19-13-6-7-21(10(2)22)8-14(13)23/h3-5,13-14,20,23H,6-8H2,1-2H3,(H,19,24)/t13-,14-/m1/s1. The van der Waals surface area contributed by atoms with E-state index in [0.29, 0.717) is 29.4 Å². The first-order valence-electron chi connectivity index (χ1n) is 7.89. The molecule has 3 rings (SSSR count). The summed E-state index contributed by atoms with van der Waals surface area (Å²) in [6.07, 6.45) is -0.354. The number of H-pyrrole nitrogens is 1. The summed E-state index contributed by atoms with van der Waals surface area (Å²) in [7, 11) is 0. The minimum Gasteiger partial charge on any atom is -0.389 e. The van der Waals surface area contributed by atoms with Gasteiger partial charge in [0.15, 0.2) is 0 Å². The van der Waals surface area contributed by atoms with Gasteiger partial charge in [0, 0.05) is 25.4 Å². The average Bonchev–Trinajstić information content (AvgIpc) is 2.88. The van der Waals surface area contributed by atoms with Crippen LogP contribution in [0.5, 0.6) is 0 Å². The zero-order chi connectivity index (χ0) is 17.4. The number of amides is 2. The fourth-order valence-corrected chi connectivity index (χ4v) is 3.17. The number of aliphatic hydroxyl groups is 1. The topological polar surface area (TPSA) is 85.4 Å². The highest BCUT2D eigenvalue weighted by molar-refractivity contribution is 6.01. The quantitative estimate of drug-likeness (QED) is 0.775. The van der Waals surface area contributed by atoms with Gasteiger partial charge in [-0.1, -0.05) is 12.1 Å². The second kappa shape index (κ2) is 6.24. The number of aromatic nitrogens is 1. The second-order valence-electron chi connectivity index (χ2n) is 6.19. The van der Waals surface area contributed by atoms with Gasteiger partial charge in [0.1, 0.15) is 11.5 Å². The summed E-state index contributed by atoms with van der Waals surface area (Å²) in [6, 6.07) is 4.24. The van der Waals surface area contributed by atoms with Crippen LogP contribution in [0.4, 0.5) is 4.39 Å². The lowest BCUT2D eigenvalue weighted by molar-refractivity contribution is -0.132. The Morgan fingerprint density at radius 1 is 1.42 bits per heavy atom. The van der Waals surface area contributed by atoms with Crippen LogP contribution in [0.1, 0.15) is 29.4 Å². The van der Waals surface area contributed by atoms with Gasteiger partial charge in [0.2, 0.25) is 5.91 Å². The fourth-order valence-electron chi connectivity index (χ4n) is 3.17. The number of halogens is 1. The highest BCUT2D eigenvalue weighted by atomic mass is 19.1. The highest BCUT2D eigenvalue weighted by Gasteiger charge is 2.30. The van der Waals surface area contributed by atoms with E-state index in [1.165, 1.54) is 13.0 Å². The van der Waals surface area contributed by atoms with Crippen LogP contribution in [-0.4, -0.2) is 52.0 Å². The first-order valence-corrected chi connectivity index (χ1v) is 7.89. The molecule has 1 aromatic carbocycles. The van der Waals surface area contributed by atoms with Gasteiger partial charge in [0.05, 0.1) is 17.7 Å². The van der Waals surface area contributed by atoms with E-state index in [4.69, 9.17) is 0 Å². The van der Waals surface area contributed by atoms with Crippen molar-refractivity contribution in [1.82, 2.24) is 15.2 Å². The number of carbonyl (C=O) groups is 2. The number of aromatic amines is 1. The molecule has 128 valence electrons. The number of rotatable bonds is 2. The molecule has 0 saturated carbocycles. The maximum atomic E-state index is 13.8. The molecule has 7 heteroatoms. The van der Waals surface area contributed by atoms with E-state index in [1.54, 1.807) is 24.0 Å². The lowest BCUT2D eigenvalue weighted by Gasteiger charge is -2.35. The molecule has 3 N–H and O–H groups in total. The SMILES string of the molecule is CC(=O)N1CC[C@@H](NC(=O)c2[nH]c3c(F)cccc3c2C)[C@H](O)C1. The predicted molar refractivity (Wildman–Crippen MR) is 87.1 cm³/mol. The molecule has 2 aromatic rings. The summed E-state index contributed by atoms with van der Waals surface area (Å²) in [5, 5.41) is 13.6. The number of hydrogen-bond acceptors (Lipinski definition) is 3. The third kappa shape index (κ3) is 2.87. The largest absolute Gasteiger partial charge is 0.389 e. The molecule has 1 saturated heterocycles. The van der Waals surface area contributed by atoms with Crippen molar-refractivity contribution < 1.29 is 19.1 Å². The molecule has 0 bridgehead atoms. The Labute approximate surface area is 138 Å². The van der Waals surface area contributed by atoms with Crippen molar-refractivity contribution in [3.8, 4) is 0 Å². The Hall–Kier alpha value is -2.41. The summed E-state index contributed by atoms with van der Waals surface area (Å²) in [5.74, 6) is -0.895. The zero-order valence-electron chi connectivity index (χ0n) is 13.6. The van der Waals surface area contributed by atoms with Gasteiger partial charge in [-0.25, -0.2) is 4.39 Å². The monoisotopic (exact) mass is 333 g/mol. The molecule has 0 radical (unpaired) electrons. The molecule has 1 aliphatic rings. The Bertz CT molecular complexity index is 802. The molecule has 1 fully saturated rings. The summed E-state index contributed by atoms with van der Waals surface area (Å²) < 4.78 is 13.8. The van der Waals surface area contributed by atoms with E-state index >= 15 is 0 Å². The normalized spacial score (nSPS) is 21.1. The van der Waals surface area contributed by atoms with Crippen molar-refractivity contribution in [3.05, 3.63) is 35.3 Å². The van der Waals surface area contributed by atoms with Gasteiger partial charge < -0.3 is 20.3 Å². The third-order valence-electron chi connectivity index (χ3n) is 4.61. The summed E-state index contributed by atoms with van der Waals surface area (Å²) >= 11 is 0. The number of carbonyl (C=O) groups excluding carboxylic acids is 2. The Morgan fingerprint density at radius 3 is 2.79 bits per heavy atom. The molecule has 2 amide bonds. The third-order valence-corrected chi connectivity index (χ3v) is 4.61. The minimum atomic E-state index is -0.826. The van der Waals surface area contributed by atoms with E-state index in [2.05, 4.69) is 10.3 Å². The van der Waals surface area contributed by atoms with Crippen LogP contribution in [0.25, 0.3) is 10.9 Å². The Morgan fingerprint density at radius 2 is 2.17 bits per heavy atom. The molecule has 1 aromatic heterocycles. The first-order chi connectivity index (χ1) is 11.4. The van der Waals surface area contributed by atoms with Gasteiger partial charge in [-0.3, -0.25) is 9.59 Å². The number of nitrogens with one attached hydrogen (secondary N) is 2. The maximum Gasteiger partial charge on any atom is 0.268 e. The van der Waals surface area contributed by atoms with Crippen molar-refractivity contribution in [1.29, 1.82) is 0 Å². The molecule has 24 heavy (non-hydrogen) atoms. The summed E-state index contributed by atoms with van der Waals surface area (Å²) in [6.45, 7) is 3.88. The van der Waals surface area contributed by atoms with Crippen molar-refractivity contribution >= 4 is 22.7 Å². The predicted octanol–water partition coefficient (Wildman–Crippen LogP) is 1.33. The maximum absolute atomic E-state index is 13.8. The van der Waals surface area contributed by atoms with Crippen LogP contribution in [0, 0.1) is 12.7 Å². The van der Waals surface area contributed by atoms with Crippen LogP contribution < -0.4 is 5.32 Å². The molecule has 2 atom stereocenters. The highest BCUT2D eigenvalue weighted by Crippen LogP contribution is 2.24. The van der Waals surface area contributed by atoms with E-state index in [0.717, 1.165) is 0 Å². The van der Waals surface area contributed by atoms with Crippen molar-refractivity contribution in [2.24, 2.45) is 0 Å². The van der Waals surface area contributed by atoms with Gasteiger partial charge >= 0.3 is 0 Å². The van der Waals surface area contributed by atoms with Gasteiger partial charge in [0.25, 0.3) is 5.91 Å². The number of aliphatic hydroxyl groups excluding tert-OH is 1.